The Morgan fingerprint density at radius 3 is 2.80 bits per heavy atom. The fourth-order valence-electron chi connectivity index (χ4n) is 3.05. The lowest BCUT2D eigenvalue weighted by Crippen LogP contribution is -2.37. The standard InChI is InChI=1S/C18H25N3O4/c1-2-5-19-6-7-20-18(23)13-10-17(22)21(12-13)14-3-4-15-16(11-14)25-9-8-24-15/h3-4,11,13,19H,2,5-10,12H2,1H3,(H,20,23). The van der Waals surface area contributed by atoms with Crippen LogP contribution in [0.5, 0.6) is 11.5 Å². The first kappa shape index (κ1) is 17.5. The molecule has 1 saturated heterocycles. The molecule has 1 aromatic carbocycles. The summed E-state index contributed by atoms with van der Waals surface area (Å²) in [6.07, 6.45) is 1.30. The van der Waals surface area contributed by atoms with E-state index >= 15 is 0 Å². The first-order valence-corrected chi connectivity index (χ1v) is 8.87. The van der Waals surface area contributed by atoms with Crippen molar-refractivity contribution in [2.24, 2.45) is 5.92 Å². The molecule has 1 fully saturated rings. The van der Waals surface area contributed by atoms with Gasteiger partial charge in [0.1, 0.15) is 13.2 Å². The molecule has 2 heterocycles. The summed E-state index contributed by atoms with van der Waals surface area (Å²) in [6, 6.07) is 5.45. The maximum atomic E-state index is 12.3. The molecule has 1 aromatic rings. The van der Waals surface area contributed by atoms with Gasteiger partial charge in [-0.15, -0.1) is 0 Å². The van der Waals surface area contributed by atoms with Gasteiger partial charge in [0.05, 0.1) is 5.92 Å². The highest BCUT2D eigenvalue weighted by molar-refractivity contribution is 6.00. The molecule has 7 nitrogen and oxygen atoms in total. The quantitative estimate of drug-likeness (QED) is 0.717. The first-order valence-electron chi connectivity index (χ1n) is 8.87. The Hall–Kier alpha value is -2.28. The van der Waals surface area contributed by atoms with E-state index in [1.54, 1.807) is 11.0 Å². The summed E-state index contributed by atoms with van der Waals surface area (Å²) in [5.41, 5.74) is 0.745. The summed E-state index contributed by atoms with van der Waals surface area (Å²) in [5.74, 6) is 0.918. The van der Waals surface area contributed by atoms with Gasteiger partial charge in [-0.1, -0.05) is 6.92 Å². The van der Waals surface area contributed by atoms with Crippen molar-refractivity contribution in [3.8, 4) is 11.5 Å². The summed E-state index contributed by atoms with van der Waals surface area (Å²) in [5, 5.41) is 6.14. The zero-order valence-corrected chi connectivity index (χ0v) is 14.5. The lowest BCUT2D eigenvalue weighted by atomic mass is 10.1. The first-order chi connectivity index (χ1) is 12.2. The summed E-state index contributed by atoms with van der Waals surface area (Å²) < 4.78 is 11.1. The Bertz CT molecular complexity index is 635. The number of carbonyl (C=O) groups excluding carboxylic acids is 2. The van der Waals surface area contributed by atoms with Crippen LogP contribution < -0.4 is 25.0 Å². The fraction of sp³-hybridized carbons (Fsp3) is 0.556. The normalized spacial score (nSPS) is 19.2. The van der Waals surface area contributed by atoms with E-state index in [4.69, 9.17) is 9.47 Å². The number of hydrogen-bond donors (Lipinski definition) is 2. The van der Waals surface area contributed by atoms with Crippen molar-refractivity contribution in [1.82, 2.24) is 10.6 Å². The van der Waals surface area contributed by atoms with Gasteiger partial charge < -0.3 is 25.0 Å². The molecule has 136 valence electrons. The number of nitrogens with zero attached hydrogens (tertiary/aromatic N) is 1. The Kier molecular flexibility index (Phi) is 5.75. The minimum absolute atomic E-state index is 0.0408. The predicted octanol–water partition coefficient (Wildman–Crippen LogP) is 0.926. The Labute approximate surface area is 147 Å². The van der Waals surface area contributed by atoms with E-state index in [1.165, 1.54) is 0 Å². The van der Waals surface area contributed by atoms with Crippen molar-refractivity contribution in [2.75, 3.05) is 44.3 Å². The molecule has 0 aromatic heterocycles. The maximum absolute atomic E-state index is 12.3. The van der Waals surface area contributed by atoms with Crippen molar-refractivity contribution in [3.05, 3.63) is 18.2 Å². The molecular weight excluding hydrogens is 322 g/mol. The molecule has 2 aliphatic heterocycles. The number of rotatable bonds is 7. The highest BCUT2D eigenvalue weighted by Crippen LogP contribution is 2.35. The van der Waals surface area contributed by atoms with Crippen LogP contribution in [0, 0.1) is 5.92 Å². The molecular formula is C18H25N3O4. The molecule has 3 rings (SSSR count). The van der Waals surface area contributed by atoms with Crippen LogP contribution in [0.25, 0.3) is 0 Å². The number of amides is 2. The summed E-state index contributed by atoms with van der Waals surface area (Å²) in [6.45, 7) is 5.79. The summed E-state index contributed by atoms with van der Waals surface area (Å²) >= 11 is 0. The van der Waals surface area contributed by atoms with Gasteiger partial charge in [-0.2, -0.15) is 0 Å². The molecule has 0 bridgehead atoms. The zero-order valence-electron chi connectivity index (χ0n) is 14.5. The smallest absolute Gasteiger partial charge is 0.227 e. The number of carbonyl (C=O) groups is 2. The van der Waals surface area contributed by atoms with Crippen molar-refractivity contribution in [3.63, 3.8) is 0 Å². The second-order valence-corrected chi connectivity index (χ2v) is 6.27. The number of benzene rings is 1. The second-order valence-electron chi connectivity index (χ2n) is 6.27. The van der Waals surface area contributed by atoms with Crippen LogP contribution >= 0.6 is 0 Å². The van der Waals surface area contributed by atoms with Crippen LogP contribution in [0.3, 0.4) is 0 Å². The molecule has 2 amide bonds. The van der Waals surface area contributed by atoms with Gasteiger partial charge in [-0.05, 0) is 25.1 Å². The summed E-state index contributed by atoms with van der Waals surface area (Å²) in [7, 11) is 0. The van der Waals surface area contributed by atoms with E-state index in [0.29, 0.717) is 37.8 Å². The number of anilines is 1. The molecule has 1 atom stereocenters. The second kappa shape index (κ2) is 8.20. The van der Waals surface area contributed by atoms with Crippen LogP contribution in [0.4, 0.5) is 5.69 Å². The Morgan fingerprint density at radius 2 is 2.00 bits per heavy atom. The van der Waals surface area contributed by atoms with E-state index in [1.807, 2.05) is 12.1 Å². The van der Waals surface area contributed by atoms with Gasteiger partial charge in [-0.25, -0.2) is 0 Å². The highest BCUT2D eigenvalue weighted by Gasteiger charge is 2.35. The molecule has 2 aliphatic rings. The van der Waals surface area contributed by atoms with Gasteiger partial charge in [0.2, 0.25) is 11.8 Å². The number of hydrogen-bond acceptors (Lipinski definition) is 5. The van der Waals surface area contributed by atoms with E-state index in [-0.39, 0.29) is 24.2 Å². The van der Waals surface area contributed by atoms with E-state index in [9.17, 15) is 9.59 Å². The monoisotopic (exact) mass is 347 g/mol. The Morgan fingerprint density at radius 1 is 1.20 bits per heavy atom. The number of nitrogens with one attached hydrogen (secondary N) is 2. The fourth-order valence-corrected chi connectivity index (χ4v) is 3.05. The van der Waals surface area contributed by atoms with Gasteiger partial charge >= 0.3 is 0 Å². The van der Waals surface area contributed by atoms with E-state index < -0.39 is 0 Å². The third-order valence-corrected chi connectivity index (χ3v) is 4.36. The van der Waals surface area contributed by atoms with Crippen molar-refractivity contribution < 1.29 is 19.1 Å². The number of fused-ring (bicyclic) bond motifs is 1. The third-order valence-electron chi connectivity index (χ3n) is 4.36. The molecule has 0 spiro atoms. The van der Waals surface area contributed by atoms with Crippen molar-refractivity contribution >= 4 is 17.5 Å². The van der Waals surface area contributed by atoms with E-state index in [2.05, 4.69) is 17.6 Å². The zero-order chi connectivity index (χ0) is 17.6. The number of ether oxygens (including phenoxy) is 2. The lowest BCUT2D eigenvalue weighted by Gasteiger charge is -2.22. The topological polar surface area (TPSA) is 79.9 Å². The summed E-state index contributed by atoms with van der Waals surface area (Å²) in [4.78, 5) is 26.3. The predicted molar refractivity (Wildman–Crippen MR) is 94.1 cm³/mol. The molecule has 7 heteroatoms. The average Bonchev–Trinajstić information content (AvgIpc) is 3.03. The van der Waals surface area contributed by atoms with Crippen molar-refractivity contribution in [2.45, 2.75) is 19.8 Å². The van der Waals surface area contributed by atoms with Crippen molar-refractivity contribution in [1.29, 1.82) is 0 Å². The maximum Gasteiger partial charge on any atom is 0.227 e. The van der Waals surface area contributed by atoms with Gasteiger partial charge in [0.25, 0.3) is 0 Å². The van der Waals surface area contributed by atoms with Gasteiger partial charge in [-0.3, -0.25) is 9.59 Å². The van der Waals surface area contributed by atoms with Crippen LogP contribution in [0.1, 0.15) is 19.8 Å². The molecule has 1 unspecified atom stereocenters. The minimum atomic E-state index is -0.313. The Balaban J connectivity index is 1.56. The largest absolute Gasteiger partial charge is 0.486 e. The van der Waals surface area contributed by atoms with Crippen LogP contribution in [0.2, 0.25) is 0 Å². The average molecular weight is 347 g/mol. The van der Waals surface area contributed by atoms with Gasteiger partial charge in [0, 0.05) is 37.8 Å². The highest BCUT2D eigenvalue weighted by atomic mass is 16.6. The van der Waals surface area contributed by atoms with Gasteiger partial charge in [0.15, 0.2) is 11.5 Å². The molecule has 0 aliphatic carbocycles. The van der Waals surface area contributed by atoms with Crippen LogP contribution in [-0.2, 0) is 9.59 Å². The SMILES string of the molecule is CCCNCCNC(=O)C1CC(=O)N(c2ccc3c(c2)OCCO3)C1. The molecule has 25 heavy (non-hydrogen) atoms. The van der Waals surface area contributed by atoms with Crippen LogP contribution in [0.15, 0.2) is 18.2 Å². The lowest BCUT2D eigenvalue weighted by molar-refractivity contribution is -0.126. The van der Waals surface area contributed by atoms with E-state index in [0.717, 1.165) is 25.2 Å². The van der Waals surface area contributed by atoms with Crippen LogP contribution in [-0.4, -0.2) is 51.2 Å². The molecule has 0 radical (unpaired) electrons. The minimum Gasteiger partial charge on any atom is -0.486 e. The molecule has 2 N–H and O–H groups in total. The molecule has 0 saturated carbocycles. The third kappa shape index (κ3) is 4.22.